The second kappa shape index (κ2) is 7.58. The van der Waals surface area contributed by atoms with E-state index < -0.39 is 29.6 Å². The van der Waals surface area contributed by atoms with Crippen LogP contribution in [0.1, 0.15) is 56.7 Å². The van der Waals surface area contributed by atoms with E-state index in [1.807, 2.05) is 0 Å². The molecule has 1 fully saturated rings. The summed E-state index contributed by atoms with van der Waals surface area (Å²) in [5, 5.41) is 0. The second-order valence-corrected chi connectivity index (χ2v) is 7.68. The topological polar surface area (TPSA) is 55.3 Å². The molecule has 5 nitrogen and oxygen atoms in total. The molecule has 0 aromatic carbocycles. The summed E-state index contributed by atoms with van der Waals surface area (Å²) < 4.78 is 34.0. The van der Waals surface area contributed by atoms with Crippen molar-refractivity contribution >= 4 is 6.09 Å². The van der Waals surface area contributed by atoms with Crippen molar-refractivity contribution in [3.63, 3.8) is 0 Å². The number of carbonyl (C=O) groups is 1. The van der Waals surface area contributed by atoms with E-state index in [9.17, 15) is 13.6 Å². The van der Waals surface area contributed by atoms with E-state index in [0.29, 0.717) is 30.5 Å². The molecule has 0 aliphatic carbocycles. The van der Waals surface area contributed by atoms with Crippen LogP contribution >= 0.6 is 0 Å². The molecule has 1 saturated heterocycles. The zero-order chi connectivity index (χ0) is 19.6. The highest BCUT2D eigenvalue weighted by atomic mass is 19.1. The minimum absolute atomic E-state index is 0.179. The van der Waals surface area contributed by atoms with Gasteiger partial charge in [-0.1, -0.05) is 12.1 Å². The van der Waals surface area contributed by atoms with Gasteiger partial charge in [-0.2, -0.15) is 8.78 Å². The first-order valence-corrected chi connectivity index (χ1v) is 8.96. The number of halogens is 2. The predicted octanol–water partition coefficient (Wildman–Crippen LogP) is 4.61. The fourth-order valence-corrected chi connectivity index (χ4v) is 3.43. The van der Waals surface area contributed by atoms with Crippen LogP contribution < -0.4 is 0 Å². The Morgan fingerprint density at radius 2 is 1.70 bits per heavy atom. The monoisotopic (exact) mass is 375 g/mol. The number of hydrogen-bond donors (Lipinski definition) is 0. The number of nitrogens with zero attached hydrogens (tertiary/aromatic N) is 3. The van der Waals surface area contributed by atoms with E-state index in [1.54, 1.807) is 45.0 Å². The zero-order valence-corrected chi connectivity index (χ0v) is 15.7. The molecule has 1 aliphatic heterocycles. The molecule has 0 bridgehead atoms. The number of aromatic nitrogens is 2. The van der Waals surface area contributed by atoms with Crippen molar-refractivity contribution in [3.8, 4) is 0 Å². The molecule has 0 saturated carbocycles. The average molecular weight is 375 g/mol. The number of likely N-dealkylation sites (tertiary alicyclic amines) is 1. The quantitative estimate of drug-likeness (QED) is 0.719. The highest BCUT2D eigenvalue weighted by Gasteiger charge is 2.37. The standard InChI is InChI=1S/C20H23F2N3O2/c1-20(2,3)27-19(26)25-11-8-13(14-6-4-9-23-17(14)21)12-16(25)15-7-5-10-24-18(15)22/h4-7,9-10,13,16H,8,11-12H2,1-3H3. The minimum Gasteiger partial charge on any atom is -0.444 e. The Kier molecular flexibility index (Phi) is 5.39. The summed E-state index contributed by atoms with van der Waals surface area (Å²) in [5.74, 6) is -1.34. The molecular formula is C20H23F2N3O2. The van der Waals surface area contributed by atoms with Gasteiger partial charge >= 0.3 is 6.09 Å². The summed E-state index contributed by atoms with van der Waals surface area (Å²) in [4.78, 5) is 21.6. The van der Waals surface area contributed by atoms with Gasteiger partial charge in [0.25, 0.3) is 0 Å². The molecule has 0 N–H and O–H groups in total. The Hall–Kier alpha value is -2.57. The van der Waals surface area contributed by atoms with Crippen molar-refractivity contribution in [2.24, 2.45) is 0 Å². The fourth-order valence-electron chi connectivity index (χ4n) is 3.43. The molecule has 3 rings (SSSR count). The average Bonchev–Trinajstić information content (AvgIpc) is 2.60. The molecule has 7 heteroatoms. The number of hydrogen-bond acceptors (Lipinski definition) is 4. The molecule has 2 unspecified atom stereocenters. The molecule has 0 spiro atoms. The third-order valence-corrected chi connectivity index (χ3v) is 4.61. The molecule has 144 valence electrons. The van der Waals surface area contributed by atoms with Gasteiger partial charge in [0.1, 0.15) is 5.60 Å². The van der Waals surface area contributed by atoms with Crippen molar-refractivity contribution in [1.82, 2.24) is 14.9 Å². The van der Waals surface area contributed by atoms with E-state index in [4.69, 9.17) is 4.74 Å². The first kappa shape index (κ1) is 19.2. The van der Waals surface area contributed by atoms with Gasteiger partial charge in [0, 0.05) is 30.1 Å². The van der Waals surface area contributed by atoms with E-state index in [0.717, 1.165) is 0 Å². The third-order valence-electron chi connectivity index (χ3n) is 4.61. The first-order valence-electron chi connectivity index (χ1n) is 8.96. The highest BCUT2D eigenvalue weighted by molar-refractivity contribution is 5.69. The summed E-state index contributed by atoms with van der Waals surface area (Å²) in [6.07, 6.45) is 3.15. The number of pyridine rings is 2. The number of ether oxygens (including phenoxy) is 1. The maximum Gasteiger partial charge on any atom is 0.410 e. The summed E-state index contributed by atoms with van der Waals surface area (Å²) in [6.45, 7) is 5.67. The maximum absolute atomic E-state index is 14.4. The number of rotatable bonds is 2. The van der Waals surface area contributed by atoms with Gasteiger partial charge in [0.2, 0.25) is 11.9 Å². The van der Waals surface area contributed by atoms with Crippen molar-refractivity contribution in [2.45, 2.75) is 51.2 Å². The Morgan fingerprint density at radius 3 is 2.26 bits per heavy atom. The number of amides is 1. The number of carbonyl (C=O) groups excluding carboxylic acids is 1. The lowest BCUT2D eigenvalue weighted by Crippen LogP contribution is -2.43. The Balaban J connectivity index is 1.93. The van der Waals surface area contributed by atoms with Gasteiger partial charge in [-0.25, -0.2) is 14.8 Å². The second-order valence-electron chi connectivity index (χ2n) is 7.68. The first-order chi connectivity index (χ1) is 12.8. The van der Waals surface area contributed by atoms with Crippen molar-refractivity contribution in [2.75, 3.05) is 6.54 Å². The van der Waals surface area contributed by atoms with Crippen LogP contribution in [0.3, 0.4) is 0 Å². The lowest BCUT2D eigenvalue weighted by molar-refractivity contribution is 0.00706. The predicted molar refractivity (Wildman–Crippen MR) is 96.0 cm³/mol. The Bertz CT molecular complexity index is 823. The van der Waals surface area contributed by atoms with Crippen LogP contribution in [0.5, 0.6) is 0 Å². The van der Waals surface area contributed by atoms with Crippen LogP contribution in [-0.4, -0.2) is 33.1 Å². The van der Waals surface area contributed by atoms with E-state index in [2.05, 4.69) is 9.97 Å². The van der Waals surface area contributed by atoms with Crippen molar-refractivity contribution < 1.29 is 18.3 Å². The molecule has 27 heavy (non-hydrogen) atoms. The van der Waals surface area contributed by atoms with Crippen molar-refractivity contribution in [1.29, 1.82) is 0 Å². The lowest BCUT2D eigenvalue weighted by Gasteiger charge is -2.40. The molecule has 2 aromatic rings. The SMILES string of the molecule is CC(C)(C)OC(=O)N1CCC(c2cccnc2F)CC1c1cccnc1F. The minimum atomic E-state index is -0.665. The molecule has 1 aliphatic rings. The van der Waals surface area contributed by atoms with Crippen LogP contribution in [0, 0.1) is 11.9 Å². The largest absolute Gasteiger partial charge is 0.444 e. The Labute approximate surface area is 157 Å². The summed E-state index contributed by atoms with van der Waals surface area (Å²) in [6, 6.07) is 6.00. The smallest absolute Gasteiger partial charge is 0.410 e. The third kappa shape index (κ3) is 4.40. The van der Waals surface area contributed by atoms with Crippen LogP contribution in [0.25, 0.3) is 0 Å². The van der Waals surface area contributed by atoms with Gasteiger partial charge in [-0.3, -0.25) is 0 Å². The van der Waals surface area contributed by atoms with E-state index in [1.165, 1.54) is 17.3 Å². The summed E-state index contributed by atoms with van der Waals surface area (Å²) in [7, 11) is 0. The van der Waals surface area contributed by atoms with E-state index >= 15 is 0 Å². The maximum atomic E-state index is 14.4. The molecule has 1 amide bonds. The van der Waals surface area contributed by atoms with Crippen LogP contribution in [0.15, 0.2) is 36.7 Å². The molecule has 2 atom stereocenters. The number of piperidine rings is 1. The summed E-state index contributed by atoms with van der Waals surface area (Å²) in [5.41, 5.74) is 0.120. The summed E-state index contributed by atoms with van der Waals surface area (Å²) >= 11 is 0. The zero-order valence-electron chi connectivity index (χ0n) is 15.7. The van der Waals surface area contributed by atoms with Crippen LogP contribution in [-0.2, 0) is 4.74 Å². The lowest BCUT2D eigenvalue weighted by atomic mass is 9.83. The van der Waals surface area contributed by atoms with Gasteiger partial charge in [-0.05, 0) is 51.7 Å². The fraction of sp³-hybridized carbons (Fsp3) is 0.450. The van der Waals surface area contributed by atoms with Crippen LogP contribution in [0.2, 0.25) is 0 Å². The van der Waals surface area contributed by atoms with Gasteiger partial charge in [0.05, 0.1) is 6.04 Å². The van der Waals surface area contributed by atoms with E-state index in [-0.39, 0.29) is 5.92 Å². The van der Waals surface area contributed by atoms with Gasteiger partial charge in [-0.15, -0.1) is 0 Å². The van der Waals surface area contributed by atoms with Crippen LogP contribution in [0.4, 0.5) is 13.6 Å². The van der Waals surface area contributed by atoms with Gasteiger partial charge in [0.15, 0.2) is 0 Å². The molecule has 3 heterocycles. The molecule has 0 radical (unpaired) electrons. The highest BCUT2D eigenvalue weighted by Crippen LogP contribution is 2.40. The van der Waals surface area contributed by atoms with Gasteiger partial charge < -0.3 is 9.64 Å². The Morgan fingerprint density at radius 1 is 1.11 bits per heavy atom. The van der Waals surface area contributed by atoms with Crippen molar-refractivity contribution in [3.05, 3.63) is 59.7 Å². The molecule has 2 aromatic heterocycles. The molecular weight excluding hydrogens is 352 g/mol. The normalized spacial score (nSPS) is 20.4.